The molecule has 0 radical (unpaired) electrons. The number of aromatic nitrogens is 2. The molecule has 0 aliphatic carbocycles. The van der Waals surface area contributed by atoms with E-state index in [1.807, 2.05) is 0 Å². The second kappa shape index (κ2) is 4.96. The van der Waals surface area contributed by atoms with Crippen molar-refractivity contribution in [3.05, 3.63) is 37.4 Å². The second-order valence-corrected chi connectivity index (χ2v) is 4.16. The maximum absolute atomic E-state index is 11.6. The van der Waals surface area contributed by atoms with E-state index in [1.165, 1.54) is 16.3 Å². The molecule has 0 atom stereocenters. The zero-order valence-electron chi connectivity index (χ0n) is 7.30. The smallest absolute Gasteiger partial charge is 0.268 e. The highest BCUT2D eigenvalue weighted by Gasteiger charge is 2.05. The normalized spacial score (nSPS) is 11.9. The van der Waals surface area contributed by atoms with Crippen molar-refractivity contribution in [2.75, 3.05) is 0 Å². The van der Waals surface area contributed by atoms with Crippen LogP contribution in [-0.2, 0) is 6.54 Å². The van der Waals surface area contributed by atoms with Crippen LogP contribution in [0.5, 0.6) is 0 Å². The van der Waals surface area contributed by atoms with Crippen molar-refractivity contribution in [3.63, 3.8) is 0 Å². The summed E-state index contributed by atoms with van der Waals surface area (Å²) in [7, 11) is 0. The number of rotatable bonds is 2. The van der Waals surface area contributed by atoms with E-state index >= 15 is 0 Å². The van der Waals surface area contributed by atoms with Crippen LogP contribution in [0.1, 0.15) is 5.82 Å². The van der Waals surface area contributed by atoms with Crippen molar-refractivity contribution in [3.8, 4) is 0 Å². The molecule has 0 fully saturated rings. The Bertz CT molecular complexity index is 428. The molecule has 0 saturated carbocycles. The van der Waals surface area contributed by atoms with E-state index in [2.05, 4.69) is 20.9 Å². The monoisotopic (exact) mass is 296 g/mol. The Labute approximate surface area is 99.5 Å². The third-order valence-electron chi connectivity index (χ3n) is 1.63. The van der Waals surface area contributed by atoms with E-state index in [4.69, 9.17) is 23.2 Å². The van der Waals surface area contributed by atoms with E-state index in [0.717, 1.165) is 0 Å². The summed E-state index contributed by atoms with van der Waals surface area (Å²) in [6.07, 6.45) is 1.46. The number of hydrogen-bond acceptors (Lipinski definition) is 2. The maximum Gasteiger partial charge on any atom is 0.268 e. The van der Waals surface area contributed by atoms with Crippen molar-refractivity contribution in [2.45, 2.75) is 13.5 Å². The molecule has 3 nitrogen and oxygen atoms in total. The topological polar surface area (TPSA) is 34.9 Å². The Morgan fingerprint density at radius 2 is 2.43 bits per heavy atom. The number of aryl methyl sites for hydroxylation is 1. The van der Waals surface area contributed by atoms with Gasteiger partial charge in [0.15, 0.2) is 0 Å². The van der Waals surface area contributed by atoms with E-state index in [1.54, 1.807) is 6.92 Å². The zero-order valence-corrected chi connectivity index (χ0v) is 10.4. The summed E-state index contributed by atoms with van der Waals surface area (Å²) in [5.41, 5.74) is 1.06. The second-order valence-electron chi connectivity index (χ2n) is 2.60. The fourth-order valence-electron chi connectivity index (χ4n) is 0.923. The highest BCUT2D eigenvalue weighted by atomic mass is 79.9. The first-order valence-electron chi connectivity index (χ1n) is 3.73. The average Bonchev–Trinajstić information content (AvgIpc) is 2.18. The van der Waals surface area contributed by atoms with Gasteiger partial charge < -0.3 is 0 Å². The molecule has 76 valence electrons. The standard InChI is InChI=1S/C8H7BrCl2N2O/c1-5-12-3-7(9)8(14)13(5)4-6(11)2-10/h2-3H,4H2,1H3. The molecule has 1 rings (SSSR count). The molecule has 0 aliphatic rings. The molecule has 0 bridgehead atoms. The SMILES string of the molecule is Cc1ncc(Br)c(=O)n1CC(Cl)=CCl. The van der Waals surface area contributed by atoms with Crippen molar-refractivity contribution in [1.29, 1.82) is 0 Å². The van der Waals surface area contributed by atoms with Gasteiger partial charge in [-0.05, 0) is 22.9 Å². The van der Waals surface area contributed by atoms with Crippen LogP contribution in [0.25, 0.3) is 0 Å². The van der Waals surface area contributed by atoms with Crippen LogP contribution in [-0.4, -0.2) is 9.55 Å². The van der Waals surface area contributed by atoms with Crippen LogP contribution in [0.4, 0.5) is 0 Å². The molecule has 6 heteroatoms. The highest BCUT2D eigenvalue weighted by molar-refractivity contribution is 9.10. The molecule has 14 heavy (non-hydrogen) atoms. The van der Waals surface area contributed by atoms with Gasteiger partial charge in [0.25, 0.3) is 5.56 Å². The number of allylic oxidation sites excluding steroid dienone is 1. The number of halogens is 3. The minimum Gasteiger partial charge on any atom is -0.291 e. The van der Waals surface area contributed by atoms with Crippen LogP contribution in [0.3, 0.4) is 0 Å². The Morgan fingerprint density at radius 1 is 1.79 bits per heavy atom. The molecule has 0 N–H and O–H groups in total. The summed E-state index contributed by atoms with van der Waals surface area (Å²) in [5, 5.41) is 0.386. The molecule has 0 saturated heterocycles. The Balaban J connectivity index is 3.20. The van der Waals surface area contributed by atoms with Gasteiger partial charge in [-0.15, -0.1) is 0 Å². The Hall–Kier alpha value is -0.320. The van der Waals surface area contributed by atoms with E-state index < -0.39 is 0 Å². The van der Waals surface area contributed by atoms with Gasteiger partial charge in [-0.2, -0.15) is 0 Å². The fourth-order valence-corrected chi connectivity index (χ4v) is 1.43. The molecular formula is C8H7BrCl2N2O. The molecular weight excluding hydrogens is 291 g/mol. The van der Waals surface area contributed by atoms with Gasteiger partial charge >= 0.3 is 0 Å². The average molecular weight is 298 g/mol. The Morgan fingerprint density at radius 3 is 3.00 bits per heavy atom. The van der Waals surface area contributed by atoms with Gasteiger partial charge in [0, 0.05) is 16.8 Å². The highest BCUT2D eigenvalue weighted by Crippen LogP contribution is 2.08. The van der Waals surface area contributed by atoms with Gasteiger partial charge in [-0.1, -0.05) is 23.2 Å². The largest absolute Gasteiger partial charge is 0.291 e. The van der Waals surface area contributed by atoms with Crippen molar-refractivity contribution in [2.24, 2.45) is 0 Å². The van der Waals surface area contributed by atoms with Crippen LogP contribution < -0.4 is 5.56 Å². The molecule has 0 aromatic carbocycles. The molecule has 1 aromatic rings. The molecule has 0 unspecified atom stereocenters. The van der Waals surface area contributed by atoms with Crippen LogP contribution in [0.2, 0.25) is 0 Å². The van der Waals surface area contributed by atoms with Crippen molar-refractivity contribution < 1.29 is 0 Å². The van der Waals surface area contributed by atoms with Gasteiger partial charge in [0.1, 0.15) is 10.3 Å². The van der Waals surface area contributed by atoms with E-state index in [9.17, 15) is 4.79 Å². The molecule has 1 heterocycles. The predicted molar refractivity (Wildman–Crippen MR) is 60.7 cm³/mol. The molecule has 0 aliphatic heterocycles. The maximum atomic E-state index is 11.6. The Kier molecular flexibility index (Phi) is 4.16. The third kappa shape index (κ3) is 2.59. The van der Waals surface area contributed by atoms with Gasteiger partial charge in [0.2, 0.25) is 0 Å². The number of hydrogen-bond donors (Lipinski definition) is 0. The van der Waals surface area contributed by atoms with Gasteiger partial charge in [-0.3, -0.25) is 9.36 Å². The first-order valence-corrected chi connectivity index (χ1v) is 5.33. The summed E-state index contributed by atoms with van der Waals surface area (Å²) < 4.78 is 1.84. The molecule has 0 amide bonds. The number of nitrogens with zero attached hydrogens (tertiary/aromatic N) is 2. The summed E-state index contributed by atoms with van der Waals surface area (Å²) >= 11 is 14.2. The van der Waals surface area contributed by atoms with Crippen LogP contribution in [0, 0.1) is 6.92 Å². The lowest BCUT2D eigenvalue weighted by molar-refractivity contribution is 0.703. The summed E-state index contributed by atoms with van der Waals surface area (Å²) in [5.74, 6) is 0.592. The summed E-state index contributed by atoms with van der Waals surface area (Å²) in [4.78, 5) is 15.6. The summed E-state index contributed by atoms with van der Waals surface area (Å²) in [6.45, 7) is 1.97. The lowest BCUT2D eigenvalue weighted by Crippen LogP contribution is -2.24. The summed E-state index contributed by atoms with van der Waals surface area (Å²) in [6, 6.07) is 0. The lowest BCUT2D eigenvalue weighted by atomic mass is 10.5. The van der Waals surface area contributed by atoms with Crippen LogP contribution in [0.15, 0.2) is 26.0 Å². The minimum absolute atomic E-state index is 0.172. The van der Waals surface area contributed by atoms with E-state index in [-0.39, 0.29) is 12.1 Å². The minimum atomic E-state index is -0.172. The van der Waals surface area contributed by atoms with Crippen molar-refractivity contribution >= 4 is 39.1 Å². The van der Waals surface area contributed by atoms with Crippen molar-refractivity contribution in [1.82, 2.24) is 9.55 Å². The third-order valence-corrected chi connectivity index (χ3v) is 2.78. The molecule has 0 spiro atoms. The van der Waals surface area contributed by atoms with Gasteiger partial charge in [-0.25, -0.2) is 4.98 Å². The fraction of sp³-hybridized carbons (Fsp3) is 0.250. The predicted octanol–water partition coefficient (Wildman–Crippen LogP) is 2.63. The van der Waals surface area contributed by atoms with Crippen LogP contribution >= 0.6 is 39.1 Å². The quantitative estimate of drug-likeness (QED) is 0.841. The lowest BCUT2D eigenvalue weighted by Gasteiger charge is -2.07. The molecule has 1 aromatic heterocycles. The van der Waals surface area contributed by atoms with E-state index in [0.29, 0.717) is 15.3 Å². The van der Waals surface area contributed by atoms with Gasteiger partial charge in [0.05, 0.1) is 6.54 Å². The zero-order chi connectivity index (χ0) is 10.7. The first-order chi connectivity index (χ1) is 6.56. The first kappa shape index (κ1) is 11.8.